The third kappa shape index (κ3) is 6.51. The summed E-state index contributed by atoms with van der Waals surface area (Å²) in [6.45, 7) is 7.24. The van der Waals surface area contributed by atoms with Gasteiger partial charge in [0, 0.05) is 30.8 Å². The average Bonchev–Trinajstić information content (AvgIpc) is 2.70. The van der Waals surface area contributed by atoms with Gasteiger partial charge in [-0.25, -0.2) is 0 Å². The largest absolute Gasteiger partial charge is 0.497 e. The van der Waals surface area contributed by atoms with Crippen molar-refractivity contribution in [2.45, 2.75) is 45.7 Å². The summed E-state index contributed by atoms with van der Waals surface area (Å²) in [5.74, 6) is 1.09. The zero-order chi connectivity index (χ0) is 20.8. The molecule has 1 saturated heterocycles. The van der Waals surface area contributed by atoms with Crippen molar-refractivity contribution in [1.82, 2.24) is 10.2 Å². The third-order valence-electron chi connectivity index (χ3n) is 5.43. The number of ether oxygens (including phenoxy) is 2. The Kier molecular flexibility index (Phi) is 9.73. The highest BCUT2D eigenvalue weighted by Gasteiger charge is 2.32. The number of amides is 2. The number of nitrogens with one attached hydrogen (secondary N) is 1. The van der Waals surface area contributed by atoms with Crippen LogP contribution < -0.4 is 20.5 Å². The summed E-state index contributed by atoms with van der Waals surface area (Å²) in [4.78, 5) is 27.7. The summed E-state index contributed by atoms with van der Waals surface area (Å²) in [5, 5.41) is 2.90. The lowest BCUT2D eigenvalue weighted by Gasteiger charge is -2.36. The van der Waals surface area contributed by atoms with Crippen molar-refractivity contribution >= 4 is 24.2 Å². The fourth-order valence-corrected chi connectivity index (χ4v) is 3.52. The van der Waals surface area contributed by atoms with Gasteiger partial charge in [-0.3, -0.25) is 9.59 Å². The zero-order valence-corrected chi connectivity index (χ0v) is 18.8. The molecule has 0 spiro atoms. The maximum absolute atomic E-state index is 13.1. The lowest BCUT2D eigenvalue weighted by Crippen LogP contribution is -2.53. The molecule has 0 radical (unpaired) electrons. The first-order chi connectivity index (χ1) is 13.3. The van der Waals surface area contributed by atoms with Crippen LogP contribution in [0.15, 0.2) is 18.2 Å². The molecule has 0 saturated carbocycles. The summed E-state index contributed by atoms with van der Waals surface area (Å²) >= 11 is 0. The molecule has 7 nitrogen and oxygen atoms in total. The van der Waals surface area contributed by atoms with Gasteiger partial charge in [0.2, 0.25) is 5.91 Å². The topological polar surface area (TPSA) is 93.9 Å². The third-order valence-corrected chi connectivity index (χ3v) is 5.43. The number of hydrogen-bond acceptors (Lipinski definition) is 5. The van der Waals surface area contributed by atoms with Gasteiger partial charge in [0.25, 0.3) is 5.91 Å². The van der Waals surface area contributed by atoms with Crippen LogP contribution in [0.25, 0.3) is 0 Å². The van der Waals surface area contributed by atoms with Crippen molar-refractivity contribution in [2.75, 3.05) is 27.3 Å². The Morgan fingerprint density at radius 3 is 2.00 bits per heavy atom. The van der Waals surface area contributed by atoms with Gasteiger partial charge < -0.3 is 25.4 Å². The molecule has 2 unspecified atom stereocenters. The van der Waals surface area contributed by atoms with Gasteiger partial charge in [-0.15, -0.1) is 12.4 Å². The summed E-state index contributed by atoms with van der Waals surface area (Å²) in [6, 6.07) is 4.52. The van der Waals surface area contributed by atoms with E-state index in [2.05, 4.69) is 5.32 Å². The standard InChI is InChI=1S/C21H33N3O4.ClH/c1-13(2)19(21(26)24-8-6-15(7-9-24)14(3)22)23-20(25)16-10-17(27-4)12-18(11-16)28-5;/h10-15,19H,6-9,22H2,1-5H3,(H,23,25);1H. The highest BCUT2D eigenvalue weighted by Crippen LogP contribution is 2.24. The van der Waals surface area contributed by atoms with E-state index in [4.69, 9.17) is 15.2 Å². The van der Waals surface area contributed by atoms with Gasteiger partial charge in [-0.05, 0) is 43.7 Å². The Morgan fingerprint density at radius 1 is 1.07 bits per heavy atom. The summed E-state index contributed by atoms with van der Waals surface area (Å²) in [7, 11) is 3.06. The minimum atomic E-state index is -0.587. The molecule has 29 heavy (non-hydrogen) atoms. The molecule has 2 amide bonds. The van der Waals surface area contributed by atoms with Gasteiger partial charge in [0.1, 0.15) is 17.5 Å². The summed E-state index contributed by atoms with van der Waals surface area (Å²) < 4.78 is 10.5. The van der Waals surface area contributed by atoms with Crippen molar-refractivity contribution in [2.24, 2.45) is 17.6 Å². The number of methoxy groups -OCH3 is 2. The normalized spacial score (nSPS) is 16.6. The Hall–Kier alpha value is -1.99. The number of nitrogens with zero attached hydrogens (tertiary/aromatic N) is 1. The fourth-order valence-electron chi connectivity index (χ4n) is 3.52. The maximum atomic E-state index is 13.1. The van der Waals surface area contributed by atoms with E-state index in [0.29, 0.717) is 36.1 Å². The predicted octanol–water partition coefficient (Wildman–Crippen LogP) is 2.47. The number of halogens is 1. The summed E-state index contributed by atoms with van der Waals surface area (Å²) in [6.07, 6.45) is 1.80. The van der Waals surface area contributed by atoms with E-state index in [1.54, 1.807) is 18.2 Å². The molecule has 164 valence electrons. The van der Waals surface area contributed by atoms with Crippen LogP contribution in [0.5, 0.6) is 11.5 Å². The van der Waals surface area contributed by atoms with Gasteiger partial charge in [-0.1, -0.05) is 13.8 Å². The van der Waals surface area contributed by atoms with Crippen LogP contribution in [-0.4, -0.2) is 56.1 Å². The Labute approximate surface area is 179 Å². The second-order valence-electron chi connectivity index (χ2n) is 7.82. The van der Waals surface area contributed by atoms with E-state index in [9.17, 15) is 9.59 Å². The number of hydrogen-bond donors (Lipinski definition) is 2. The molecule has 1 aromatic rings. The Balaban J connectivity index is 0.00000420. The first-order valence-electron chi connectivity index (χ1n) is 9.85. The van der Waals surface area contributed by atoms with Crippen molar-refractivity contribution in [3.63, 3.8) is 0 Å². The van der Waals surface area contributed by atoms with E-state index in [-0.39, 0.29) is 36.2 Å². The molecule has 3 N–H and O–H groups in total. The number of piperidine rings is 1. The lowest BCUT2D eigenvalue weighted by atomic mass is 9.90. The van der Waals surface area contributed by atoms with Crippen LogP contribution in [0.4, 0.5) is 0 Å². The SMILES string of the molecule is COc1cc(OC)cc(C(=O)NC(C(=O)N2CCC(C(C)N)CC2)C(C)C)c1.Cl. The molecule has 1 aromatic carbocycles. The average molecular weight is 428 g/mol. The van der Waals surface area contributed by atoms with Gasteiger partial charge in [-0.2, -0.15) is 0 Å². The molecule has 8 heteroatoms. The molecule has 0 bridgehead atoms. The number of rotatable bonds is 7. The van der Waals surface area contributed by atoms with Crippen molar-refractivity contribution in [3.8, 4) is 11.5 Å². The number of nitrogens with two attached hydrogens (primary N) is 1. The first kappa shape index (κ1) is 25.0. The van der Waals surface area contributed by atoms with Crippen LogP contribution in [-0.2, 0) is 4.79 Å². The monoisotopic (exact) mass is 427 g/mol. The van der Waals surface area contributed by atoms with Gasteiger partial charge in [0.05, 0.1) is 14.2 Å². The van der Waals surface area contributed by atoms with Crippen LogP contribution in [0.3, 0.4) is 0 Å². The Bertz CT molecular complexity index is 666. The molecule has 1 aliphatic heterocycles. The van der Waals surface area contributed by atoms with E-state index in [1.165, 1.54) is 14.2 Å². The first-order valence-corrected chi connectivity index (χ1v) is 9.85. The van der Waals surface area contributed by atoms with E-state index < -0.39 is 6.04 Å². The van der Waals surface area contributed by atoms with Gasteiger partial charge in [0.15, 0.2) is 0 Å². The number of likely N-dealkylation sites (tertiary alicyclic amines) is 1. The number of carbonyl (C=O) groups excluding carboxylic acids is 2. The molecule has 0 aliphatic carbocycles. The molecule has 0 aromatic heterocycles. The minimum Gasteiger partial charge on any atom is -0.497 e. The quantitative estimate of drug-likeness (QED) is 0.697. The Morgan fingerprint density at radius 2 is 1.59 bits per heavy atom. The van der Waals surface area contributed by atoms with E-state index in [0.717, 1.165) is 12.8 Å². The van der Waals surface area contributed by atoms with Crippen LogP contribution in [0, 0.1) is 11.8 Å². The van der Waals surface area contributed by atoms with Crippen LogP contribution in [0.2, 0.25) is 0 Å². The molecule has 2 atom stereocenters. The van der Waals surface area contributed by atoms with Crippen LogP contribution >= 0.6 is 12.4 Å². The smallest absolute Gasteiger partial charge is 0.252 e. The highest BCUT2D eigenvalue weighted by molar-refractivity contribution is 5.98. The zero-order valence-electron chi connectivity index (χ0n) is 17.9. The maximum Gasteiger partial charge on any atom is 0.252 e. The van der Waals surface area contributed by atoms with Crippen LogP contribution in [0.1, 0.15) is 44.0 Å². The summed E-state index contributed by atoms with van der Waals surface area (Å²) in [5.41, 5.74) is 6.39. The second kappa shape index (κ2) is 11.3. The molecule has 1 fully saturated rings. The second-order valence-corrected chi connectivity index (χ2v) is 7.82. The molecule has 1 aliphatic rings. The van der Waals surface area contributed by atoms with Crippen molar-refractivity contribution < 1.29 is 19.1 Å². The molecular formula is C21H34ClN3O4. The minimum absolute atomic E-state index is 0. The number of carbonyl (C=O) groups is 2. The molecule has 2 rings (SSSR count). The molecule has 1 heterocycles. The number of benzene rings is 1. The van der Waals surface area contributed by atoms with E-state index in [1.807, 2.05) is 25.7 Å². The molecular weight excluding hydrogens is 394 g/mol. The lowest BCUT2D eigenvalue weighted by molar-refractivity contribution is -0.135. The fraction of sp³-hybridized carbons (Fsp3) is 0.619. The van der Waals surface area contributed by atoms with Crippen molar-refractivity contribution in [3.05, 3.63) is 23.8 Å². The van der Waals surface area contributed by atoms with E-state index >= 15 is 0 Å². The highest BCUT2D eigenvalue weighted by atomic mass is 35.5. The van der Waals surface area contributed by atoms with Gasteiger partial charge >= 0.3 is 0 Å². The van der Waals surface area contributed by atoms with Crippen molar-refractivity contribution in [1.29, 1.82) is 0 Å². The predicted molar refractivity (Wildman–Crippen MR) is 116 cm³/mol.